The number of rotatable bonds is 9. The Bertz CT molecular complexity index is 954. The van der Waals surface area contributed by atoms with Gasteiger partial charge in [0.2, 0.25) is 0 Å². The molecule has 8 heteroatoms. The Hall–Kier alpha value is -2.74. The van der Waals surface area contributed by atoms with Gasteiger partial charge in [0.15, 0.2) is 18.1 Å². The van der Waals surface area contributed by atoms with Gasteiger partial charge >= 0.3 is 5.97 Å². The van der Waals surface area contributed by atoms with E-state index in [9.17, 15) is 14.7 Å². The summed E-state index contributed by atoms with van der Waals surface area (Å²) in [4.78, 5) is 23.3. The van der Waals surface area contributed by atoms with Crippen molar-refractivity contribution in [2.45, 2.75) is 46.7 Å². The van der Waals surface area contributed by atoms with Gasteiger partial charge in [-0.05, 0) is 70.0 Å². The fourth-order valence-corrected chi connectivity index (χ4v) is 3.29. The molecule has 0 unspecified atom stereocenters. The maximum absolute atomic E-state index is 12.1. The number of nitrogens with one attached hydrogen (secondary N) is 2. The SMILES string of the molecule is CCOc1cc(CNc2cc(C(=O)O)ccc2C)c(Br)cc1OCC(=O)NC(C)(C)C. The largest absolute Gasteiger partial charge is 0.490 e. The number of aryl methyl sites for hydroxylation is 1. The highest BCUT2D eigenvalue weighted by Crippen LogP contribution is 2.34. The first-order valence-corrected chi connectivity index (χ1v) is 10.8. The van der Waals surface area contributed by atoms with Crippen LogP contribution in [0.5, 0.6) is 11.5 Å². The van der Waals surface area contributed by atoms with Gasteiger partial charge in [0.05, 0.1) is 12.2 Å². The highest BCUT2D eigenvalue weighted by Gasteiger charge is 2.16. The van der Waals surface area contributed by atoms with E-state index in [1.807, 2.05) is 40.7 Å². The van der Waals surface area contributed by atoms with E-state index in [1.54, 1.807) is 24.3 Å². The Morgan fingerprint density at radius 1 is 1.10 bits per heavy atom. The molecule has 0 radical (unpaired) electrons. The topological polar surface area (TPSA) is 96.9 Å². The summed E-state index contributed by atoms with van der Waals surface area (Å²) in [6.07, 6.45) is 0. The molecule has 168 valence electrons. The number of halogens is 1. The van der Waals surface area contributed by atoms with Gasteiger partial charge in [0, 0.05) is 22.2 Å². The number of ether oxygens (including phenoxy) is 2. The fourth-order valence-electron chi connectivity index (χ4n) is 2.83. The standard InChI is InChI=1S/C23H29BrN2O5/c1-6-30-19-10-16(12-25-18-9-15(22(28)29)8-7-14(18)2)17(24)11-20(19)31-13-21(27)26-23(3,4)5/h7-11,25H,6,12-13H2,1-5H3,(H,26,27)(H,28,29). The highest BCUT2D eigenvalue weighted by atomic mass is 79.9. The zero-order chi connectivity index (χ0) is 23.2. The van der Waals surface area contributed by atoms with Gasteiger partial charge in [-0.25, -0.2) is 4.79 Å². The van der Waals surface area contributed by atoms with Crippen LogP contribution in [-0.2, 0) is 11.3 Å². The molecule has 0 aliphatic rings. The summed E-state index contributed by atoms with van der Waals surface area (Å²) in [5, 5.41) is 15.3. The minimum Gasteiger partial charge on any atom is -0.490 e. The summed E-state index contributed by atoms with van der Waals surface area (Å²) in [6.45, 7) is 10.3. The number of aromatic carboxylic acids is 1. The molecular weight excluding hydrogens is 464 g/mol. The van der Waals surface area contributed by atoms with Crippen molar-refractivity contribution < 1.29 is 24.2 Å². The lowest BCUT2D eigenvalue weighted by molar-refractivity contribution is -0.124. The normalized spacial score (nSPS) is 11.0. The number of amides is 1. The van der Waals surface area contributed by atoms with E-state index in [0.717, 1.165) is 21.3 Å². The minimum atomic E-state index is -0.972. The molecule has 0 aliphatic carbocycles. The Labute approximate surface area is 191 Å². The van der Waals surface area contributed by atoms with E-state index in [0.29, 0.717) is 24.7 Å². The molecule has 0 atom stereocenters. The molecule has 0 spiro atoms. The lowest BCUT2D eigenvalue weighted by Gasteiger charge is -2.21. The lowest BCUT2D eigenvalue weighted by atomic mass is 10.1. The summed E-state index contributed by atoms with van der Waals surface area (Å²) >= 11 is 3.55. The summed E-state index contributed by atoms with van der Waals surface area (Å²) in [5.74, 6) is -0.196. The quantitative estimate of drug-likeness (QED) is 0.466. The average Bonchev–Trinajstić information content (AvgIpc) is 2.66. The van der Waals surface area contributed by atoms with Crippen LogP contribution in [0.2, 0.25) is 0 Å². The van der Waals surface area contributed by atoms with E-state index in [1.165, 1.54) is 0 Å². The summed E-state index contributed by atoms with van der Waals surface area (Å²) in [6, 6.07) is 8.57. The third-order valence-corrected chi connectivity index (χ3v) is 4.98. The van der Waals surface area contributed by atoms with Crippen LogP contribution in [0.3, 0.4) is 0 Å². The molecule has 0 fully saturated rings. The molecule has 0 aliphatic heterocycles. The van der Waals surface area contributed by atoms with Crippen LogP contribution in [0.25, 0.3) is 0 Å². The van der Waals surface area contributed by atoms with Crippen LogP contribution in [0.4, 0.5) is 5.69 Å². The van der Waals surface area contributed by atoms with Crippen molar-refractivity contribution >= 4 is 33.5 Å². The second-order valence-corrected chi connectivity index (χ2v) is 8.95. The predicted molar refractivity (Wildman–Crippen MR) is 124 cm³/mol. The van der Waals surface area contributed by atoms with Crippen LogP contribution in [0.15, 0.2) is 34.8 Å². The van der Waals surface area contributed by atoms with E-state index < -0.39 is 5.97 Å². The van der Waals surface area contributed by atoms with Crippen molar-refractivity contribution in [1.29, 1.82) is 0 Å². The number of carboxylic acids is 1. The van der Waals surface area contributed by atoms with Crippen LogP contribution in [0, 0.1) is 6.92 Å². The number of hydrogen-bond donors (Lipinski definition) is 3. The van der Waals surface area contributed by atoms with Gasteiger partial charge in [-0.1, -0.05) is 22.0 Å². The monoisotopic (exact) mass is 492 g/mol. The van der Waals surface area contributed by atoms with E-state index in [4.69, 9.17) is 9.47 Å². The molecule has 2 aromatic carbocycles. The number of benzene rings is 2. The zero-order valence-electron chi connectivity index (χ0n) is 18.5. The number of carbonyl (C=O) groups excluding carboxylic acids is 1. The van der Waals surface area contributed by atoms with Crippen molar-refractivity contribution in [3.05, 3.63) is 51.5 Å². The highest BCUT2D eigenvalue weighted by molar-refractivity contribution is 9.10. The third kappa shape index (κ3) is 7.47. The van der Waals surface area contributed by atoms with Gasteiger partial charge in [-0.15, -0.1) is 0 Å². The van der Waals surface area contributed by atoms with Gasteiger partial charge < -0.3 is 25.2 Å². The molecule has 0 aromatic heterocycles. The van der Waals surface area contributed by atoms with E-state index in [-0.39, 0.29) is 23.6 Å². The smallest absolute Gasteiger partial charge is 0.335 e. The predicted octanol–water partition coefficient (Wildman–Crippen LogP) is 4.76. The van der Waals surface area contributed by atoms with Gasteiger partial charge in [0.25, 0.3) is 5.91 Å². The van der Waals surface area contributed by atoms with Crippen molar-refractivity contribution in [2.75, 3.05) is 18.5 Å². The van der Waals surface area contributed by atoms with Crippen LogP contribution < -0.4 is 20.1 Å². The van der Waals surface area contributed by atoms with E-state index in [2.05, 4.69) is 26.6 Å². The van der Waals surface area contributed by atoms with Gasteiger partial charge in [0.1, 0.15) is 0 Å². The number of carbonyl (C=O) groups is 2. The first kappa shape index (κ1) is 24.5. The van der Waals surface area contributed by atoms with Gasteiger partial charge in [-0.3, -0.25) is 4.79 Å². The summed E-state index contributed by atoms with van der Waals surface area (Å²) in [5.41, 5.74) is 2.46. The molecule has 31 heavy (non-hydrogen) atoms. The Balaban J connectivity index is 2.17. The van der Waals surface area contributed by atoms with Crippen molar-refractivity contribution in [3.8, 4) is 11.5 Å². The second-order valence-electron chi connectivity index (χ2n) is 8.10. The van der Waals surface area contributed by atoms with Crippen molar-refractivity contribution in [3.63, 3.8) is 0 Å². The summed E-state index contributed by atoms with van der Waals surface area (Å²) < 4.78 is 12.2. The average molecular weight is 493 g/mol. The zero-order valence-corrected chi connectivity index (χ0v) is 20.1. The molecule has 7 nitrogen and oxygen atoms in total. The summed E-state index contributed by atoms with van der Waals surface area (Å²) in [7, 11) is 0. The van der Waals surface area contributed by atoms with Crippen LogP contribution in [0.1, 0.15) is 49.2 Å². The molecule has 0 saturated heterocycles. The molecule has 0 bridgehead atoms. The lowest BCUT2D eigenvalue weighted by Crippen LogP contribution is -2.43. The van der Waals surface area contributed by atoms with Gasteiger partial charge in [-0.2, -0.15) is 0 Å². The molecular formula is C23H29BrN2O5. The first-order valence-electron chi connectivity index (χ1n) is 9.97. The minimum absolute atomic E-state index is 0.122. The van der Waals surface area contributed by atoms with Crippen molar-refractivity contribution in [2.24, 2.45) is 0 Å². The van der Waals surface area contributed by atoms with E-state index >= 15 is 0 Å². The molecule has 2 rings (SSSR count). The molecule has 0 heterocycles. The van der Waals surface area contributed by atoms with Crippen LogP contribution >= 0.6 is 15.9 Å². The molecule has 1 amide bonds. The maximum Gasteiger partial charge on any atom is 0.335 e. The Morgan fingerprint density at radius 2 is 1.77 bits per heavy atom. The molecule has 2 aromatic rings. The van der Waals surface area contributed by atoms with Crippen LogP contribution in [-0.4, -0.2) is 35.7 Å². The Kier molecular flexibility index (Phi) is 8.33. The number of anilines is 1. The van der Waals surface area contributed by atoms with Crippen molar-refractivity contribution in [1.82, 2.24) is 5.32 Å². The molecule has 0 saturated carbocycles. The molecule has 3 N–H and O–H groups in total. The maximum atomic E-state index is 12.1. The third-order valence-electron chi connectivity index (χ3n) is 4.24. The number of hydrogen-bond acceptors (Lipinski definition) is 5. The second kappa shape index (κ2) is 10.5. The Morgan fingerprint density at radius 3 is 2.39 bits per heavy atom. The first-order chi connectivity index (χ1) is 14.5. The fraction of sp³-hybridized carbons (Fsp3) is 0.391. The number of carboxylic acid groups (broad SMARTS) is 1.